The van der Waals surface area contributed by atoms with Crippen molar-refractivity contribution in [1.82, 2.24) is 20.4 Å². The molecule has 0 bridgehead atoms. The first-order chi connectivity index (χ1) is 12.8. The van der Waals surface area contributed by atoms with Crippen molar-refractivity contribution in [1.29, 1.82) is 0 Å². The van der Waals surface area contributed by atoms with Crippen LogP contribution in [0, 0.1) is 0 Å². The molecular weight excluding hydrogens is 366 g/mol. The Kier molecular flexibility index (Phi) is 7.50. The van der Waals surface area contributed by atoms with E-state index in [-0.39, 0.29) is 12.6 Å². The number of nitrogens with one attached hydrogen (secondary N) is 2. The van der Waals surface area contributed by atoms with Crippen LogP contribution in [0.25, 0.3) is 0 Å². The fraction of sp³-hybridized carbons (Fsp3) is 0.474. The summed E-state index contributed by atoms with van der Waals surface area (Å²) in [4.78, 5) is 4.49. The van der Waals surface area contributed by atoms with Gasteiger partial charge in [-0.2, -0.15) is 5.10 Å². The molecule has 1 aromatic carbocycles. The van der Waals surface area contributed by atoms with Gasteiger partial charge in [0.05, 0.1) is 19.3 Å². The molecule has 1 heterocycles. The average molecular weight is 394 g/mol. The first-order valence-electron chi connectivity index (χ1n) is 8.96. The van der Waals surface area contributed by atoms with E-state index in [1.54, 1.807) is 36.1 Å². The second-order valence-electron chi connectivity index (χ2n) is 6.64. The fourth-order valence-corrected chi connectivity index (χ4v) is 2.60. The Morgan fingerprint density at radius 2 is 2.22 bits per heavy atom. The van der Waals surface area contributed by atoms with Crippen LogP contribution in [-0.2, 0) is 12.6 Å². The highest BCUT2D eigenvalue weighted by atomic mass is 35.5. The van der Waals surface area contributed by atoms with Crippen LogP contribution in [0.4, 0.5) is 0 Å². The van der Waals surface area contributed by atoms with Crippen molar-refractivity contribution in [3.05, 3.63) is 47.2 Å². The first kappa shape index (κ1) is 21.1. The minimum atomic E-state index is -1.10. The molecule has 0 aliphatic heterocycles. The minimum absolute atomic E-state index is 0.0915. The van der Waals surface area contributed by atoms with Crippen molar-refractivity contribution >= 4 is 17.6 Å². The predicted molar refractivity (Wildman–Crippen MR) is 108 cm³/mol. The lowest BCUT2D eigenvalue weighted by molar-refractivity contribution is 0.0671. The number of halogens is 1. The molecule has 7 nitrogen and oxygen atoms in total. The molecular formula is C19H28ClN5O2. The van der Waals surface area contributed by atoms with Crippen LogP contribution in [0.2, 0.25) is 5.02 Å². The summed E-state index contributed by atoms with van der Waals surface area (Å²) in [6.45, 7) is 7.14. The molecule has 8 heteroatoms. The van der Waals surface area contributed by atoms with Gasteiger partial charge in [-0.3, -0.25) is 4.68 Å². The summed E-state index contributed by atoms with van der Waals surface area (Å²) < 4.78 is 7.51. The molecule has 27 heavy (non-hydrogen) atoms. The summed E-state index contributed by atoms with van der Waals surface area (Å²) in [7, 11) is 1.82. The predicted octanol–water partition coefficient (Wildman–Crippen LogP) is 2.30. The third-order valence-corrected chi connectivity index (χ3v) is 4.14. The van der Waals surface area contributed by atoms with E-state index in [1.807, 2.05) is 33.0 Å². The second kappa shape index (κ2) is 9.62. The Morgan fingerprint density at radius 3 is 2.85 bits per heavy atom. The van der Waals surface area contributed by atoms with Gasteiger partial charge in [-0.05, 0) is 39.0 Å². The van der Waals surface area contributed by atoms with Crippen molar-refractivity contribution in [3.63, 3.8) is 0 Å². The Hall–Kier alpha value is -2.25. The van der Waals surface area contributed by atoms with E-state index in [2.05, 4.69) is 20.7 Å². The van der Waals surface area contributed by atoms with Crippen molar-refractivity contribution in [2.45, 2.75) is 32.5 Å². The van der Waals surface area contributed by atoms with Gasteiger partial charge in [0.2, 0.25) is 0 Å². The number of nitrogens with zero attached hydrogens (tertiary/aromatic N) is 3. The quantitative estimate of drug-likeness (QED) is 0.473. The number of aryl methyl sites for hydroxylation is 1. The van der Waals surface area contributed by atoms with Gasteiger partial charge in [0.15, 0.2) is 5.96 Å². The number of ether oxygens (including phenoxy) is 1. The van der Waals surface area contributed by atoms with E-state index >= 15 is 0 Å². The molecule has 0 radical (unpaired) electrons. The lowest BCUT2D eigenvalue weighted by Crippen LogP contribution is -2.42. The number of aromatic nitrogens is 2. The standard InChI is InChI=1S/C19H28ClN5O2/c1-5-21-18(23-13-19(3,26)15-11-24-25(4)12-15)22-10-14(2)27-17-8-6-7-16(20)9-17/h6-9,11-12,14,26H,5,10,13H2,1-4H3,(H2,21,22,23). The van der Waals surface area contributed by atoms with Gasteiger partial charge in [0, 0.05) is 30.4 Å². The van der Waals surface area contributed by atoms with Crippen LogP contribution >= 0.6 is 11.6 Å². The summed E-state index contributed by atoms with van der Waals surface area (Å²) in [5, 5.41) is 21.8. The third-order valence-electron chi connectivity index (χ3n) is 3.91. The van der Waals surface area contributed by atoms with Gasteiger partial charge in [-0.1, -0.05) is 17.7 Å². The van der Waals surface area contributed by atoms with Gasteiger partial charge < -0.3 is 20.5 Å². The van der Waals surface area contributed by atoms with Crippen molar-refractivity contribution in [2.24, 2.45) is 12.0 Å². The highest BCUT2D eigenvalue weighted by Gasteiger charge is 2.24. The molecule has 1 aromatic heterocycles. The Bertz CT molecular complexity index is 760. The molecule has 0 aliphatic rings. The number of guanidine groups is 1. The summed E-state index contributed by atoms with van der Waals surface area (Å²) in [6.07, 6.45) is 3.35. The van der Waals surface area contributed by atoms with Gasteiger partial charge >= 0.3 is 0 Å². The molecule has 3 N–H and O–H groups in total. The zero-order valence-corrected chi connectivity index (χ0v) is 17.0. The molecule has 0 fully saturated rings. The molecule has 0 amide bonds. The van der Waals surface area contributed by atoms with E-state index < -0.39 is 5.60 Å². The maximum Gasteiger partial charge on any atom is 0.191 e. The Morgan fingerprint density at radius 1 is 1.44 bits per heavy atom. The van der Waals surface area contributed by atoms with E-state index in [4.69, 9.17) is 16.3 Å². The van der Waals surface area contributed by atoms with Crippen molar-refractivity contribution in [2.75, 3.05) is 19.6 Å². The molecule has 2 unspecified atom stereocenters. The number of aliphatic imine (C=N–C) groups is 1. The lowest BCUT2D eigenvalue weighted by Gasteiger charge is -2.21. The highest BCUT2D eigenvalue weighted by molar-refractivity contribution is 6.30. The van der Waals surface area contributed by atoms with E-state index in [9.17, 15) is 5.11 Å². The topological polar surface area (TPSA) is 83.7 Å². The van der Waals surface area contributed by atoms with E-state index in [0.717, 1.165) is 11.3 Å². The summed E-state index contributed by atoms with van der Waals surface area (Å²) in [5.74, 6) is 1.33. The highest BCUT2D eigenvalue weighted by Crippen LogP contribution is 2.20. The van der Waals surface area contributed by atoms with Crippen molar-refractivity contribution in [3.8, 4) is 5.75 Å². The number of benzene rings is 1. The van der Waals surface area contributed by atoms with Gasteiger partial charge in [0.25, 0.3) is 0 Å². The average Bonchev–Trinajstić information content (AvgIpc) is 3.05. The SMILES string of the molecule is CCNC(=NCC(C)(O)c1cnn(C)c1)NCC(C)Oc1cccc(Cl)c1. The molecule has 2 rings (SSSR count). The van der Waals surface area contributed by atoms with Gasteiger partial charge in [-0.25, -0.2) is 4.99 Å². The van der Waals surface area contributed by atoms with Crippen LogP contribution in [0.15, 0.2) is 41.7 Å². The van der Waals surface area contributed by atoms with Gasteiger partial charge in [0.1, 0.15) is 17.5 Å². The number of aliphatic hydroxyl groups is 1. The molecule has 148 valence electrons. The molecule has 2 aromatic rings. The monoisotopic (exact) mass is 393 g/mol. The molecule has 0 saturated heterocycles. The summed E-state index contributed by atoms with van der Waals surface area (Å²) >= 11 is 5.98. The zero-order valence-electron chi connectivity index (χ0n) is 16.2. The molecule has 0 saturated carbocycles. The summed E-state index contributed by atoms with van der Waals surface area (Å²) in [5.41, 5.74) is -0.373. The fourth-order valence-electron chi connectivity index (χ4n) is 2.42. The minimum Gasteiger partial charge on any atom is -0.489 e. The maximum atomic E-state index is 10.7. The molecule has 0 aliphatic carbocycles. The summed E-state index contributed by atoms with van der Waals surface area (Å²) in [6, 6.07) is 7.31. The largest absolute Gasteiger partial charge is 0.489 e. The van der Waals surface area contributed by atoms with Crippen LogP contribution in [-0.4, -0.2) is 46.6 Å². The smallest absolute Gasteiger partial charge is 0.191 e. The third kappa shape index (κ3) is 6.77. The molecule has 0 spiro atoms. The van der Waals surface area contributed by atoms with Crippen molar-refractivity contribution < 1.29 is 9.84 Å². The number of rotatable bonds is 8. The van der Waals surface area contributed by atoms with Crippen LogP contribution in [0.5, 0.6) is 5.75 Å². The van der Waals surface area contributed by atoms with Crippen LogP contribution in [0.3, 0.4) is 0 Å². The Balaban J connectivity index is 1.92. The lowest BCUT2D eigenvalue weighted by atomic mass is 10.0. The van der Waals surface area contributed by atoms with E-state index in [1.165, 1.54) is 0 Å². The zero-order chi connectivity index (χ0) is 19.9. The van der Waals surface area contributed by atoms with Crippen LogP contribution in [0.1, 0.15) is 26.3 Å². The normalized spacial score (nSPS) is 15.1. The first-order valence-corrected chi connectivity index (χ1v) is 9.34. The molecule has 2 atom stereocenters. The number of hydrogen-bond donors (Lipinski definition) is 3. The second-order valence-corrected chi connectivity index (χ2v) is 7.07. The number of hydrogen-bond acceptors (Lipinski definition) is 4. The maximum absolute atomic E-state index is 10.7. The van der Waals surface area contributed by atoms with Crippen LogP contribution < -0.4 is 15.4 Å². The van der Waals surface area contributed by atoms with E-state index in [0.29, 0.717) is 24.1 Å². The van der Waals surface area contributed by atoms with Gasteiger partial charge in [-0.15, -0.1) is 0 Å². The Labute approximate surface area is 165 Å².